The van der Waals surface area contributed by atoms with Crippen molar-refractivity contribution in [3.8, 4) is 0 Å². The molecular formula is C13H16O5. The topological polar surface area (TPSA) is 83.8 Å². The van der Waals surface area contributed by atoms with Gasteiger partial charge in [0.15, 0.2) is 0 Å². The number of hydrogen-bond donors (Lipinski definition) is 2. The van der Waals surface area contributed by atoms with Gasteiger partial charge in [-0.3, -0.25) is 0 Å². The molecule has 0 saturated carbocycles. The molecule has 1 unspecified atom stereocenters. The highest BCUT2D eigenvalue weighted by atomic mass is 16.5. The van der Waals surface area contributed by atoms with Crippen LogP contribution in [0.1, 0.15) is 40.5 Å². The Hall–Kier alpha value is -1.88. The van der Waals surface area contributed by atoms with Crippen LogP contribution in [-0.4, -0.2) is 34.9 Å². The number of carboxylic acid groups (broad SMARTS) is 1. The van der Waals surface area contributed by atoms with Gasteiger partial charge in [-0.15, -0.1) is 0 Å². The lowest BCUT2D eigenvalue weighted by Crippen LogP contribution is -2.09. The number of ether oxygens (including phenoxy) is 1. The van der Waals surface area contributed by atoms with Gasteiger partial charge in [0.25, 0.3) is 0 Å². The predicted molar refractivity (Wildman–Crippen MR) is 64.6 cm³/mol. The average Bonchev–Trinajstić information content (AvgIpc) is 2.34. The molecule has 0 radical (unpaired) electrons. The van der Waals surface area contributed by atoms with Crippen LogP contribution >= 0.6 is 0 Å². The molecule has 2 N–H and O–H groups in total. The van der Waals surface area contributed by atoms with E-state index in [-0.39, 0.29) is 12.2 Å². The molecule has 5 heteroatoms. The first-order chi connectivity index (χ1) is 8.50. The number of carbonyl (C=O) groups is 2. The van der Waals surface area contributed by atoms with Crippen LogP contribution in [0.4, 0.5) is 0 Å². The van der Waals surface area contributed by atoms with E-state index in [0.717, 1.165) is 0 Å². The number of aliphatic hydroxyl groups is 1. The van der Waals surface area contributed by atoms with E-state index >= 15 is 0 Å². The number of esters is 1. The zero-order chi connectivity index (χ0) is 13.5. The molecule has 5 nitrogen and oxygen atoms in total. The highest BCUT2D eigenvalue weighted by molar-refractivity contribution is 5.92. The van der Waals surface area contributed by atoms with Gasteiger partial charge in [0.05, 0.1) is 23.8 Å². The Bertz CT molecular complexity index is 408. The quantitative estimate of drug-likeness (QED) is 0.594. The number of carboxylic acids is 1. The summed E-state index contributed by atoms with van der Waals surface area (Å²) < 4.78 is 4.98. The van der Waals surface area contributed by atoms with Crippen LogP contribution in [0, 0.1) is 0 Å². The first-order valence-corrected chi connectivity index (χ1v) is 5.69. The van der Waals surface area contributed by atoms with E-state index in [9.17, 15) is 9.59 Å². The number of aliphatic hydroxyl groups excluding tert-OH is 1. The van der Waals surface area contributed by atoms with Gasteiger partial charge in [0, 0.05) is 0 Å². The minimum atomic E-state index is -1.04. The van der Waals surface area contributed by atoms with E-state index < -0.39 is 18.0 Å². The van der Waals surface area contributed by atoms with Crippen LogP contribution in [-0.2, 0) is 4.74 Å². The van der Waals surface area contributed by atoms with Crippen molar-refractivity contribution < 1.29 is 24.5 Å². The van der Waals surface area contributed by atoms with Gasteiger partial charge in [-0.2, -0.15) is 0 Å². The molecule has 0 aromatic heterocycles. The summed E-state index contributed by atoms with van der Waals surface area (Å²) in [6.07, 6.45) is 0.764. The molecule has 0 heterocycles. The first kappa shape index (κ1) is 14.2. The Morgan fingerprint density at radius 3 is 2.28 bits per heavy atom. The summed E-state index contributed by atoms with van der Waals surface area (Å²) >= 11 is 0. The van der Waals surface area contributed by atoms with Crippen molar-refractivity contribution in [2.75, 3.05) is 6.61 Å². The van der Waals surface area contributed by atoms with E-state index in [1.807, 2.05) is 0 Å². The van der Waals surface area contributed by atoms with E-state index in [0.29, 0.717) is 18.4 Å². The Balaban J connectivity index is 2.44. The monoisotopic (exact) mass is 252 g/mol. The third-order valence-electron chi connectivity index (χ3n) is 2.37. The maximum atomic E-state index is 11.5. The number of benzene rings is 1. The molecule has 0 fully saturated rings. The minimum Gasteiger partial charge on any atom is -0.478 e. The van der Waals surface area contributed by atoms with E-state index in [2.05, 4.69) is 0 Å². The molecule has 1 atom stereocenters. The molecule has 1 aromatic rings. The van der Waals surface area contributed by atoms with Crippen molar-refractivity contribution in [3.05, 3.63) is 35.4 Å². The summed E-state index contributed by atoms with van der Waals surface area (Å²) in [5, 5.41) is 17.7. The van der Waals surface area contributed by atoms with Gasteiger partial charge in [0.1, 0.15) is 0 Å². The molecule has 1 aromatic carbocycles. The summed E-state index contributed by atoms with van der Waals surface area (Å²) in [4.78, 5) is 22.2. The maximum absolute atomic E-state index is 11.5. The Morgan fingerprint density at radius 1 is 1.22 bits per heavy atom. The van der Waals surface area contributed by atoms with Crippen LogP contribution in [0.15, 0.2) is 24.3 Å². The molecule has 1 rings (SSSR count). The number of rotatable bonds is 6. The largest absolute Gasteiger partial charge is 0.478 e. The van der Waals surface area contributed by atoms with E-state index in [1.54, 1.807) is 6.92 Å². The lowest BCUT2D eigenvalue weighted by molar-refractivity contribution is 0.0480. The molecule has 0 bridgehead atoms. The van der Waals surface area contributed by atoms with Gasteiger partial charge >= 0.3 is 11.9 Å². The summed E-state index contributed by atoms with van der Waals surface area (Å²) in [7, 11) is 0. The van der Waals surface area contributed by atoms with E-state index in [1.165, 1.54) is 24.3 Å². The summed E-state index contributed by atoms with van der Waals surface area (Å²) in [5.41, 5.74) is 0.442. The van der Waals surface area contributed by atoms with Crippen LogP contribution in [0.25, 0.3) is 0 Å². The summed E-state index contributed by atoms with van der Waals surface area (Å²) in [6.45, 7) is 1.91. The average molecular weight is 252 g/mol. The molecule has 98 valence electrons. The Labute approximate surface area is 105 Å². The van der Waals surface area contributed by atoms with E-state index in [4.69, 9.17) is 14.9 Å². The molecule has 0 spiro atoms. The first-order valence-electron chi connectivity index (χ1n) is 5.69. The summed E-state index contributed by atoms with van der Waals surface area (Å²) in [6, 6.07) is 5.55. The van der Waals surface area contributed by atoms with Gasteiger partial charge in [0.2, 0.25) is 0 Å². The number of hydrogen-bond acceptors (Lipinski definition) is 4. The minimum absolute atomic E-state index is 0.126. The van der Waals surface area contributed by atoms with Crippen molar-refractivity contribution in [3.63, 3.8) is 0 Å². The fourth-order valence-electron chi connectivity index (χ4n) is 1.38. The number of carbonyl (C=O) groups excluding carboxylic acids is 1. The second-order valence-electron chi connectivity index (χ2n) is 4.01. The third kappa shape index (κ3) is 4.55. The molecule has 0 aliphatic carbocycles. The predicted octanol–water partition coefficient (Wildman–Crippen LogP) is 1.70. The van der Waals surface area contributed by atoms with Crippen LogP contribution in [0.2, 0.25) is 0 Å². The lowest BCUT2D eigenvalue weighted by Gasteiger charge is -2.06. The standard InChI is InChI=1S/C13H16O5/c1-9(14)3-2-8-18-13(17)11-6-4-10(5-7-11)12(15)16/h4-7,9,14H,2-3,8H2,1H3,(H,15,16). The Kier molecular flexibility index (Phi) is 5.32. The maximum Gasteiger partial charge on any atom is 0.338 e. The molecule has 0 aliphatic rings. The van der Waals surface area contributed by atoms with Crippen molar-refractivity contribution in [1.82, 2.24) is 0 Å². The van der Waals surface area contributed by atoms with Crippen LogP contribution < -0.4 is 0 Å². The fraction of sp³-hybridized carbons (Fsp3) is 0.385. The van der Waals surface area contributed by atoms with Crippen molar-refractivity contribution >= 4 is 11.9 Å². The highest BCUT2D eigenvalue weighted by Gasteiger charge is 2.09. The fourth-order valence-corrected chi connectivity index (χ4v) is 1.38. The van der Waals surface area contributed by atoms with Gasteiger partial charge < -0.3 is 14.9 Å². The SMILES string of the molecule is CC(O)CCCOC(=O)c1ccc(C(=O)O)cc1. The van der Waals surface area contributed by atoms with Crippen molar-refractivity contribution in [2.24, 2.45) is 0 Å². The van der Waals surface area contributed by atoms with Gasteiger partial charge in [-0.1, -0.05) is 0 Å². The van der Waals surface area contributed by atoms with Crippen molar-refractivity contribution in [1.29, 1.82) is 0 Å². The highest BCUT2D eigenvalue weighted by Crippen LogP contribution is 2.07. The van der Waals surface area contributed by atoms with Gasteiger partial charge in [-0.25, -0.2) is 9.59 Å². The molecule has 0 amide bonds. The van der Waals surface area contributed by atoms with Gasteiger partial charge in [-0.05, 0) is 44.0 Å². The molecule has 0 aliphatic heterocycles. The molecule has 18 heavy (non-hydrogen) atoms. The lowest BCUT2D eigenvalue weighted by atomic mass is 10.1. The zero-order valence-corrected chi connectivity index (χ0v) is 10.1. The zero-order valence-electron chi connectivity index (χ0n) is 10.1. The molecule has 0 saturated heterocycles. The normalized spacial score (nSPS) is 11.9. The summed E-state index contributed by atoms with van der Waals surface area (Å²) in [5.74, 6) is -1.52. The van der Waals surface area contributed by atoms with Crippen LogP contribution in [0.3, 0.4) is 0 Å². The van der Waals surface area contributed by atoms with Crippen molar-refractivity contribution in [2.45, 2.75) is 25.9 Å². The molecular weight excluding hydrogens is 236 g/mol. The third-order valence-corrected chi connectivity index (χ3v) is 2.37. The smallest absolute Gasteiger partial charge is 0.338 e. The second kappa shape index (κ2) is 6.76. The second-order valence-corrected chi connectivity index (χ2v) is 4.01. The van der Waals surface area contributed by atoms with Crippen LogP contribution in [0.5, 0.6) is 0 Å². The Morgan fingerprint density at radius 2 is 1.78 bits per heavy atom. The number of aromatic carboxylic acids is 1.